The number of rotatable bonds is 6. The van der Waals surface area contributed by atoms with Crippen molar-refractivity contribution < 1.29 is 29.7 Å². The van der Waals surface area contributed by atoms with Gasteiger partial charge in [0.1, 0.15) is 0 Å². The van der Waals surface area contributed by atoms with Gasteiger partial charge in [-0.25, -0.2) is 4.79 Å². The van der Waals surface area contributed by atoms with Gasteiger partial charge in [-0.15, -0.1) is 0 Å². The average Bonchev–Trinajstić information content (AvgIpc) is 2.00. The van der Waals surface area contributed by atoms with Gasteiger partial charge < -0.3 is 15.3 Å². The predicted molar refractivity (Wildman–Crippen MR) is 40.1 cm³/mol. The molecule has 0 aromatic carbocycles. The Balaban J connectivity index is 3.74. The standard InChI is InChI=1S/C7H10O6/c8-4(1-2-6(10)11)3-5(9)7(12)13/h4,8H,1-3H2,(H,10,11)(H,12,13). The number of carbonyl (C=O) groups excluding carboxylic acids is 1. The molecule has 0 radical (unpaired) electrons. The summed E-state index contributed by atoms with van der Waals surface area (Å²) in [5.41, 5.74) is 0. The molecular formula is C7H10O6. The Kier molecular flexibility index (Phi) is 4.68. The molecule has 1 unspecified atom stereocenters. The minimum absolute atomic E-state index is 0.117. The summed E-state index contributed by atoms with van der Waals surface area (Å²) in [6.45, 7) is 0. The summed E-state index contributed by atoms with van der Waals surface area (Å²) in [6, 6.07) is 0. The first-order valence-electron chi connectivity index (χ1n) is 3.59. The Bertz CT molecular complexity index is 221. The number of carboxylic acid groups (broad SMARTS) is 2. The lowest BCUT2D eigenvalue weighted by molar-refractivity contribution is -0.150. The van der Waals surface area contributed by atoms with Crippen molar-refractivity contribution in [1.82, 2.24) is 0 Å². The van der Waals surface area contributed by atoms with Gasteiger partial charge in [-0.2, -0.15) is 0 Å². The van der Waals surface area contributed by atoms with Crippen LogP contribution in [0.2, 0.25) is 0 Å². The lowest BCUT2D eigenvalue weighted by atomic mass is 10.1. The summed E-state index contributed by atoms with van der Waals surface area (Å²) < 4.78 is 0. The maximum absolute atomic E-state index is 10.5. The van der Waals surface area contributed by atoms with E-state index in [4.69, 9.17) is 15.3 Å². The number of hydrogen-bond donors (Lipinski definition) is 3. The Labute approximate surface area is 73.8 Å². The van der Waals surface area contributed by atoms with Gasteiger partial charge in [-0.05, 0) is 6.42 Å². The summed E-state index contributed by atoms with van der Waals surface area (Å²) >= 11 is 0. The number of ketones is 1. The van der Waals surface area contributed by atoms with Crippen molar-refractivity contribution in [2.24, 2.45) is 0 Å². The van der Waals surface area contributed by atoms with E-state index in [1.54, 1.807) is 0 Å². The Morgan fingerprint density at radius 3 is 2.08 bits per heavy atom. The molecule has 0 amide bonds. The first-order chi connectivity index (χ1) is 5.93. The second-order valence-electron chi connectivity index (χ2n) is 2.52. The zero-order chi connectivity index (χ0) is 10.4. The van der Waals surface area contributed by atoms with E-state index in [2.05, 4.69) is 0 Å². The molecule has 0 aromatic heterocycles. The van der Waals surface area contributed by atoms with Crippen LogP contribution >= 0.6 is 0 Å². The molecule has 0 aliphatic rings. The number of aliphatic hydroxyl groups is 1. The van der Waals surface area contributed by atoms with E-state index in [0.717, 1.165) is 0 Å². The van der Waals surface area contributed by atoms with Gasteiger partial charge in [-0.3, -0.25) is 9.59 Å². The van der Waals surface area contributed by atoms with Crippen molar-refractivity contribution in [3.8, 4) is 0 Å². The first kappa shape index (κ1) is 11.6. The van der Waals surface area contributed by atoms with E-state index in [1.807, 2.05) is 0 Å². The van der Waals surface area contributed by atoms with Crippen LogP contribution in [0.25, 0.3) is 0 Å². The van der Waals surface area contributed by atoms with Crippen molar-refractivity contribution in [3.05, 3.63) is 0 Å². The smallest absolute Gasteiger partial charge is 0.372 e. The zero-order valence-corrected chi connectivity index (χ0v) is 6.77. The molecule has 74 valence electrons. The van der Waals surface area contributed by atoms with Crippen molar-refractivity contribution >= 4 is 17.7 Å². The third-order valence-corrected chi connectivity index (χ3v) is 1.35. The van der Waals surface area contributed by atoms with E-state index < -0.39 is 30.2 Å². The summed E-state index contributed by atoms with van der Waals surface area (Å²) in [6.07, 6.45) is -2.13. The van der Waals surface area contributed by atoms with Gasteiger partial charge in [0.2, 0.25) is 5.78 Å². The second kappa shape index (κ2) is 5.26. The Morgan fingerprint density at radius 1 is 1.15 bits per heavy atom. The minimum Gasteiger partial charge on any atom is -0.481 e. The quantitative estimate of drug-likeness (QED) is 0.475. The summed E-state index contributed by atoms with van der Waals surface area (Å²) in [5, 5.41) is 25.3. The first-order valence-corrected chi connectivity index (χ1v) is 3.59. The van der Waals surface area contributed by atoms with E-state index in [-0.39, 0.29) is 12.8 Å². The van der Waals surface area contributed by atoms with Gasteiger partial charge in [-0.1, -0.05) is 0 Å². The maximum atomic E-state index is 10.5. The fraction of sp³-hybridized carbons (Fsp3) is 0.571. The highest BCUT2D eigenvalue weighted by molar-refractivity contribution is 6.32. The van der Waals surface area contributed by atoms with Crippen LogP contribution in [0.4, 0.5) is 0 Å². The third kappa shape index (κ3) is 5.80. The molecule has 0 spiro atoms. The van der Waals surface area contributed by atoms with Crippen LogP contribution < -0.4 is 0 Å². The Hall–Kier alpha value is -1.43. The van der Waals surface area contributed by atoms with E-state index in [1.165, 1.54) is 0 Å². The number of carboxylic acids is 2. The van der Waals surface area contributed by atoms with Crippen LogP contribution in [0.5, 0.6) is 0 Å². The number of Topliss-reactive ketones (excluding diaryl/α,β-unsaturated/α-hetero) is 1. The molecule has 6 heteroatoms. The normalized spacial score (nSPS) is 12.1. The van der Waals surface area contributed by atoms with Crippen molar-refractivity contribution in [3.63, 3.8) is 0 Å². The molecular weight excluding hydrogens is 180 g/mol. The monoisotopic (exact) mass is 190 g/mol. The molecule has 0 heterocycles. The second-order valence-corrected chi connectivity index (χ2v) is 2.52. The Morgan fingerprint density at radius 2 is 1.69 bits per heavy atom. The number of aliphatic hydroxyl groups excluding tert-OH is 1. The molecule has 6 nitrogen and oxygen atoms in total. The lowest BCUT2D eigenvalue weighted by Crippen LogP contribution is -2.20. The molecule has 13 heavy (non-hydrogen) atoms. The largest absolute Gasteiger partial charge is 0.481 e. The van der Waals surface area contributed by atoms with Gasteiger partial charge in [0.15, 0.2) is 0 Å². The fourth-order valence-electron chi connectivity index (χ4n) is 0.693. The molecule has 0 saturated carbocycles. The van der Waals surface area contributed by atoms with E-state index in [9.17, 15) is 14.4 Å². The van der Waals surface area contributed by atoms with Crippen LogP contribution in [0.1, 0.15) is 19.3 Å². The van der Waals surface area contributed by atoms with Crippen molar-refractivity contribution in [2.45, 2.75) is 25.4 Å². The molecule has 1 atom stereocenters. The number of hydrogen-bond acceptors (Lipinski definition) is 4. The highest BCUT2D eigenvalue weighted by Crippen LogP contribution is 2.02. The number of carbonyl (C=O) groups is 3. The van der Waals surface area contributed by atoms with Crippen LogP contribution in [0.3, 0.4) is 0 Å². The van der Waals surface area contributed by atoms with E-state index >= 15 is 0 Å². The molecule has 0 aliphatic heterocycles. The molecule has 0 rings (SSSR count). The van der Waals surface area contributed by atoms with Crippen molar-refractivity contribution in [1.29, 1.82) is 0 Å². The number of aliphatic carboxylic acids is 2. The lowest BCUT2D eigenvalue weighted by Gasteiger charge is -2.05. The molecule has 0 aromatic rings. The van der Waals surface area contributed by atoms with Gasteiger partial charge in [0, 0.05) is 12.8 Å². The zero-order valence-electron chi connectivity index (χ0n) is 6.77. The van der Waals surface area contributed by atoms with Gasteiger partial charge in [0.25, 0.3) is 0 Å². The molecule has 0 aliphatic carbocycles. The summed E-state index contributed by atoms with van der Waals surface area (Å²) in [4.78, 5) is 30.5. The molecule has 0 saturated heterocycles. The van der Waals surface area contributed by atoms with Crippen LogP contribution in [0, 0.1) is 0 Å². The predicted octanol–water partition coefficient (Wildman–Crippen LogP) is -0.744. The summed E-state index contributed by atoms with van der Waals surface area (Å²) in [7, 11) is 0. The summed E-state index contributed by atoms with van der Waals surface area (Å²) in [5.74, 6) is -3.82. The van der Waals surface area contributed by atoms with Crippen LogP contribution in [-0.2, 0) is 14.4 Å². The highest BCUT2D eigenvalue weighted by Gasteiger charge is 2.17. The third-order valence-electron chi connectivity index (χ3n) is 1.35. The fourth-order valence-corrected chi connectivity index (χ4v) is 0.693. The SMILES string of the molecule is O=C(O)CCC(O)CC(=O)C(=O)O. The van der Waals surface area contributed by atoms with Crippen molar-refractivity contribution in [2.75, 3.05) is 0 Å². The minimum atomic E-state index is -1.62. The van der Waals surface area contributed by atoms with Gasteiger partial charge >= 0.3 is 11.9 Å². The maximum Gasteiger partial charge on any atom is 0.372 e. The topological polar surface area (TPSA) is 112 Å². The molecule has 0 fully saturated rings. The average molecular weight is 190 g/mol. The molecule has 3 N–H and O–H groups in total. The van der Waals surface area contributed by atoms with Crippen LogP contribution in [-0.4, -0.2) is 39.1 Å². The van der Waals surface area contributed by atoms with Gasteiger partial charge in [0.05, 0.1) is 6.10 Å². The van der Waals surface area contributed by atoms with E-state index in [0.29, 0.717) is 0 Å². The molecule has 0 bridgehead atoms. The highest BCUT2D eigenvalue weighted by atomic mass is 16.4. The van der Waals surface area contributed by atoms with Crippen LogP contribution in [0.15, 0.2) is 0 Å².